The molecule has 0 saturated carbocycles. The molecule has 1 aliphatic rings. The van der Waals surface area contributed by atoms with Crippen molar-refractivity contribution in [1.29, 1.82) is 0 Å². The summed E-state index contributed by atoms with van der Waals surface area (Å²) < 4.78 is 1.26. The van der Waals surface area contributed by atoms with Crippen LogP contribution in [0.3, 0.4) is 0 Å². The van der Waals surface area contributed by atoms with E-state index in [1.54, 1.807) is 5.57 Å². The maximum absolute atomic E-state index is 3.49. The molecule has 1 aromatic heterocycles. The van der Waals surface area contributed by atoms with Crippen molar-refractivity contribution in [2.75, 3.05) is 0 Å². The van der Waals surface area contributed by atoms with E-state index in [9.17, 15) is 0 Å². The Balaban J connectivity index is 2.38. The van der Waals surface area contributed by atoms with Gasteiger partial charge in [-0.3, -0.25) is 0 Å². The molecule has 0 unspecified atom stereocenters. The normalized spacial score (nSPS) is 14.9. The number of halogens is 1. The Labute approximate surface area is 79.1 Å². The van der Waals surface area contributed by atoms with Crippen molar-refractivity contribution in [2.24, 2.45) is 0 Å². The van der Waals surface area contributed by atoms with Crippen LogP contribution >= 0.6 is 27.3 Å². The molecule has 0 nitrogen and oxygen atoms in total. The van der Waals surface area contributed by atoms with E-state index in [0.717, 1.165) is 0 Å². The zero-order valence-electron chi connectivity index (χ0n) is 6.36. The topological polar surface area (TPSA) is 0 Å². The molecule has 0 saturated heterocycles. The summed E-state index contributed by atoms with van der Waals surface area (Å²) in [6.45, 7) is 2.22. The van der Waals surface area contributed by atoms with Crippen molar-refractivity contribution in [3.63, 3.8) is 0 Å². The quantitative estimate of drug-likeness (QED) is 0.685. The standard InChI is InChI=1S/C9H9BrS/c1-2-6-3-7-5-9(10)11-8(7)4-6/h3,5H,2,4H2,1H3. The van der Waals surface area contributed by atoms with E-state index in [2.05, 4.69) is 35.0 Å². The van der Waals surface area contributed by atoms with E-state index in [-0.39, 0.29) is 0 Å². The van der Waals surface area contributed by atoms with E-state index in [4.69, 9.17) is 0 Å². The Morgan fingerprint density at radius 2 is 2.45 bits per heavy atom. The van der Waals surface area contributed by atoms with Gasteiger partial charge < -0.3 is 0 Å². The van der Waals surface area contributed by atoms with Gasteiger partial charge >= 0.3 is 0 Å². The second-order valence-corrected chi connectivity index (χ2v) is 5.28. The summed E-state index contributed by atoms with van der Waals surface area (Å²) in [7, 11) is 0. The molecule has 0 fully saturated rings. The largest absolute Gasteiger partial charge is 0.132 e. The minimum atomic E-state index is 1.18. The van der Waals surface area contributed by atoms with Gasteiger partial charge in [0.15, 0.2) is 0 Å². The number of rotatable bonds is 1. The highest BCUT2D eigenvalue weighted by atomic mass is 79.9. The Morgan fingerprint density at radius 3 is 3.09 bits per heavy atom. The van der Waals surface area contributed by atoms with Gasteiger partial charge in [-0.15, -0.1) is 11.3 Å². The minimum absolute atomic E-state index is 1.18. The van der Waals surface area contributed by atoms with E-state index >= 15 is 0 Å². The van der Waals surface area contributed by atoms with Gasteiger partial charge in [-0.25, -0.2) is 0 Å². The highest BCUT2D eigenvalue weighted by Gasteiger charge is 2.13. The SMILES string of the molecule is CCC1=Cc2cc(Br)sc2C1. The van der Waals surface area contributed by atoms with E-state index in [0.29, 0.717) is 0 Å². The third-order valence-electron chi connectivity index (χ3n) is 2.01. The predicted octanol–water partition coefficient (Wildman–Crippen LogP) is 3.86. The summed E-state index contributed by atoms with van der Waals surface area (Å²) in [4.78, 5) is 1.52. The first-order valence-electron chi connectivity index (χ1n) is 3.77. The first-order chi connectivity index (χ1) is 5.29. The number of hydrogen-bond donors (Lipinski definition) is 0. The smallest absolute Gasteiger partial charge is 0.0707 e. The first kappa shape index (κ1) is 7.56. The van der Waals surface area contributed by atoms with Gasteiger partial charge in [-0.05, 0) is 34.0 Å². The van der Waals surface area contributed by atoms with Crippen LogP contribution in [0, 0.1) is 0 Å². The second kappa shape index (κ2) is 2.76. The van der Waals surface area contributed by atoms with Crippen molar-refractivity contribution in [1.82, 2.24) is 0 Å². The Hall–Kier alpha value is -0.0800. The van der Waals surface area contributed by atoms with Gasteiger partial charge in [-0.1, -0.05) is 18.6 Å². The molecule has 11 heavy (non-hydrogen) atoms. The minimum Gasteiger partial charge on any atom is -0.132 e. The number of fused-ring (bicyclic) bond motifs is 1. The van der Waals surface area contributed by atoms with Crippen molar-refractivity contribution >= 4 is 33.3 Å². The molecular formula is C9H9BrS. The van der Waals surface area contributed by atoms with Gasteiger partial charge in [0, 0.05) is 11.3 Å². The average Bonchev–Trinajstić information content (AvgIpc) is 2.43. The molecule has 1 heterocycles. The lowest BCUT2D eigenvalue weighted by atomic mass is 10.2. The molecule has 0 N–H and O–H groups in total. The summed E-state index contributed by atoms with van der Waals surface area (Å²) in [5, 5.41) is 0. The molecule has 2 heteroatoms. The Bertz CT molecular complexity index is 309. The van der Waals surface area contributed by atoms with Gasteiger partial charge in [0.1, 0.15) is 0 Å². The van der Waals surface area contributed by atoms with Crippen LogP contribution in [-0.4, -0.2) is 0 Å². The van der Waals surface area contributed by atoms with Gasteiger partial charge in [0.05, 0.1) is 3.79 Å². The molecule has 1 aromatic rings. The molecule has 0 atom stereocenters. The fourth-order valence-electron chi connectivity index (χ4n) is 1.37. The number of allylic oxidation sites excluding steroid dienone is 1. The summed E-state index contributed by atoms with van der Waals surface area (Å²) in [5.74, 6) is 0. The van der Waals surface area contributed by atoms with Crippen LogP contribution in [0.2, 0.25) is 0 Å². The maximum Gasteiger partial charge on any atom is 0.0707 e. The second-order valence-electron chi connectivity index (χ2n) is 2.76. The molecule has 1 aliphatic carbocycles. The zero-order chi connectivity index (χ0) is 7.84. The lowest BCUT2D eigenvalue weighted by Gasteiger charge is -1.92. The van der Waals surface area contributed by atoms with Crippen LogP contribution in [0.1, 0.15) is 23.8 Å². The molecule has 0 amide bonds. The third-order valence-corrected chi connectivity index (χ3v) is 3.67. The van der Waals surface area contributed by atoms with Crippen molar-refractivity contribution in [2.45, 2.75) is 19.8 Å². The monoisotopic (exact) mass is 228 g/mol. The number of hydrogen-bond acceptors (Lipinski definition) is 1. The summed E-state index contributed by atoms with van der Waals surface area (Å²) >= 11 is 5.35. The molecule has 2 rings (SSSR count). The molecule has 58 valence electrons. The zero-order valence-corrected chi connectivity index (χ0v) is 8.76. The summed E-state index contributed by atoms with van der Waals surface area (Å²) in [6, 6.07) is 2.21. The van der Waals surface area contributed by atoms with Gasteiger partial charge in [0.2, 0.25) is 0 Å². The van der Waals surface area contributed by atoms with Crippen molar-refractivity contribution in [3.05, 3.63) is 25.9 Å². The molecule has 0 aliphatic heterocycles. The first-order valence-corrected chi connectivity index (χ1v) is 5.38. The van der Waals surface area contributed by atoms with Crippen molar-refractivity contribution < 1.29 is 0 Å². The van der Waals surface area contributed by atoms with E-state index < -0.39 is 0 Å². The highest BCUT2D eigenvalue weighted by molar-refractivity contribution is 9.11. The number of thiophene rings is 1. The summed E-state index contributed by atoms with van der Waals surface area (Å²) in [5.41, 5.74) is 3.00. The highest BCUT2D eigenvalue weighted by Crippen LogP contribution is 2.35. The molecule has 0 aromatic carbocycles. The summed E-state index contributed by atoms with van der Waals surface area (Å²) in [6.07, 6.45) is 4.69. The molecule has 0 spiro atoms. The Morgan fingerprint density at radius 1 is 1.64 bits per heavy atom. The van der Waals surface area contributed by atoms with Gasteiger partial charge in [-0.2, -0.15) is 0 Å². The van der Waals surface area contributed by atoms with Gasteiger partial charge in [0.25, 0.3) is 0 Å². The third kappa shape index (κ3) is 1.30. The fraction of sp³-hybridized carbons (Fsp3) is 0.333. The lowest BCUT2D eigenvalue weighted by molar-refractivity contribution is 1.05. The van der Waals surface area contributed by atoms with Crippen LogP contribution in [0.4, 0.5) is 0 Å². The maximum atomic E-state index is 3.49. The van der Waals surface area contributed by atoms with Crippen LogP contribution in [-0.2, 0) is 6.42 Å². The Kier molecular flexibility index (Phi) is 1.90. The molecular weight excluding hydrogens is 220 g/mol. The molecule has 0 radical (unpaired) electrons. The lowest BCUT2D eigenvalue weighted by Crippen LogP contribution is -1.77. The fourth-order valence-corrected chi connectivity index (χ4v) is 3.12. The van der Waals surface area contributed by atoms with E-state index in [1.807, 2.05) is 11.3 Å². The van der Waals surface area contributed by atoms with Crippen LogP contribution in [0.25, 0.3) is 6.08 Å². The predicted molar refractivity (Wildman–Crippen MR) is 54.0 cm³/mol. The van der Waals surface area contributed by atoms with Crippen LogP contribution in [0.5, 0.6) is 0 Å². The molecule has 0 bridgehead atoms. The van der Waals surface area contributed by atoms with E-state index in [1.165, 1.54) is 27.1 Å². The van der Waals surface area contributed by atoms with Crippen molar-refractivity contribution in [3.8, 4) is 0 Å². The van der Waals surface area contributed by atoms with Crippen LogP contribution in [0.15, 0.2) is 15.4 Å². The average molecular weight is 229 g/mol. The van der Waals surface area contributed by atoms with Crippen LogP contribution < -0.4 is 0 Å².